The number of hydrogen-bond acceptors (Lipinski definition) is 1. The normalized spacial score (nSPS) is 19.9. The van der Waals surface area contributed by atoms with Crippen LogP contribution in [0.1, 0.15) is 44.9 Å². The van der Waals surface area contributed by atoms with E-state index < -0.39 is 0 Å². The van der Waals surface area contributed by atoms with Crippen molar-refractivity contribution in [1.82, 2.24) is 4.90 Å². The highest BCUT2D eigenvalue weighted by atomic mass is 16.1. The van der Waals surface area contributed by atoms with Gasteiger partial charge in [0.25, 0.3) is 0 Å². The summed E-state index contributed by atoms with van der Waals surface area (Å²) in [6.45, 7) is 1.80. The third-order valence-electron chi connectivity index (χ3n) is 2.52. The first kappa shape index (κ1) is 11.1. The topological polar surface area (TPSA) is 20.3 Å². The molecule has 0 spiro atoms. The van der Waals surface area contributed by atoms with Gasteiger partial charge in [-0.25, -0.2) is 0 Å². The smallest absolute Gasteiger partial charge is 0.209 e. The van der Waals surface area contributed by atoms with E-state index in [0.29, 0.717) is 0 Å². The predicted octanol–water partition coefficient (Wildman–Crippen LogP) is 2.19. The van der Waals surface area contributed by atoms with Crippen LogP contribution in [0.2, 0.25) is 0 Å². The zero-order chi connectivity index (χ0) is 10.1. The first-order valence-electron chi connectivity index (χ1n) is 5.58. The highest BCUT2D eigenvalue weighted by Crippen LogP contribution is 2.05. The van der Waals surface area contributed by atoms with Gasteiger partial charge in [0, 0.05) is 25.9 Å². The summed E-state index contributed by atoms with van der Waals surface area (Å²) in [5.41, 5.74) is 0. The molecule has 1 heterocycles. The molecule has 0 aliphatic carbocycles. The second kappa shape index (κ2) is 7.44. The fraction of sp³-hybridized carbons (Fsp3) is 0.750. The van der Waals surface area contributed by atoms with Crippen molar-refractivity contribution in [3.8, 4) is 11.8 Å². The van der Waals surface area contributed by atoms with Gasteiger partial charge in [-0.05, 0) is 19.3 Å². The molecule has 1 rings (SSSR count). The summed E-state index contributed by atoms with van der Waals surface area (Å²) in [5, 5.41) is 0. The van der Waals surface area contributed by atoms with Gasteiger partial charge in [0.2, 0.25) is 6.41 Å². The van der Waals surface area contributed by atoms with E-state index in [0.717, 1.165) is 45.2 Å². The van der Waals surface area contributed by atoms with Crippen molar-refractivity contribution in [1.29, 1.82) is 0 Å². The molecule has 1 amide bonds. The van der Waals surface area contributed by atoms with Crippen LogP contribution in [0.15, 0.2) is 0 Å². The third-order valence-corrected chi connectivity index (χ3v) is 2.52. The van der Waals surface area contributed by atoms with E-state index in [1.54, 1.807) is 0 Å². The van der Waals surface area contributed by atoms with Crippen LogP contribution in [-0.4, -0.2) is 24.4 Å². The van der Waals surface area contributed by atoms with Crippen molar-refractivity contribution in [3.63, 3.8) is 0 Å². The molecule has 0 saturated heterocycles. The Labute approximate surface area is 86.7 Å². The molecule has 0 fully saturated rings. The minimum Gasteiger partial charge on any atom is -0.345 e. The Bertz CT molecular complexity index is 214. The third kappa shape index (κ3) is 4.91. The van der Waals surface area contributed by atoms with Crippen molar-refractivity contribution in [2.45, 2.75) is 44.9 Å². The molecule has 0 atom stereocenters. The maximum Gasteiger partial charge on any atom is 0.209 e. The van der Waals surface area contributed by atoms with Crippen LogP contribution in [0.25, 0.3) is 0 Å². The van der Waals surface area contributed by atoms with Crippen molar-refractivity contribution < 1.29 is 4.79 Å². The Balaban J connectivity index is 2.32. The Morgan fingerprint density at radius 1 is 0.857 bits per heavy atom. The number of carbonyl (C=O) groups is 1. The molecule has 1 aliphatic rings. The summed E-state index contributed by atoms with van der Waals surface area (Å²) in [7, 11) is 0. The van der Waals surface area contributed by atoms with Gasteiger partial charge in [-0.15, -0.1) is 11.8 Å². The van der Waals surface area contributed by atoms with Gasteiger partial charge in [0.15, 0.2) is 0 Å². The molecule has 0 unspecified atom stereocenters. The number of carbonyl (C=O) groups excluding carboxylic acids is 1. The molecule has 0 bridgehead atoms. The molecule has 0 aromatic rings. The van der Waals surface area contributed by atoms with Crippen molar-refractivity contribution in [3.05, 3.63) is 0 Å². The number of amides is 1. The van der Waals surface area contributed by atoms with Gasteiger partial charge in [0.1, 0.15) is 0 Å². The molecular formula is C12H19NO. The quantitative estimate of drug-likeness (QED) is 0.462. The highest BCUT2D eigenvalue weighted by Gasteiger charge is 2.00. The number of rotatable bonds is 1. The van der Waals surface area contributed by atoms with Gasteiger partial charge in [-0.1, -0.05) is 12.8 Å². The lowest BCUT2D eigenvalue weighted by Gasteiger charge is -2.16. The molecule has 1 aliphatic heterocycles. The summed E-state index contributed by atoms with van der Waals surface area (Å²) >= 11 is 0. The highest BCUT2D eigenvalue weighted by molar-refractivity contribution is 5.46. The van der Waals surface area contributed by atoms with Crippen LogP contribution in [0.5, 0.6) is 0 Å². The molecule has 2 nitrogen and oxygen atoms in total. The van der Waals surface area contributed by atoms with Gasteiger partial charge >= 0.3 is 0 Å². The first-order valence-corrected chi connectivity index (χ1v) is 5.58. The lowest BCUT2D eigenvalue weighted by molar-refractivity contribution is -0.118. The zero-order valence-corrected chi connectivity index (χ0v) is 8.80. The molecule has 78 valence electrons. The van der Waals surface area contributed by atoms with E-state index in [1.807, 2.05) is 4.90 Å². The summed E-state index contributed by atoms with van der Waals surface area (Å²) in [4.78, 5) is 12.5. The minimum atomic E-state index is 0.873. The first-order chi connectivity index (χ1) is 6.93. The van der Waals surface area contributed by atoms with E-state index in [-0.39, 0.29) is 0 Å². The summed E-state index contributed by atoms with van der Waals surface area (Å²) in [6.07, 6.45) is 8.82. The van der Waals surface area contributed by atoms with E-state index in [4.69, 9.17) is 0 Å². The van der Waals surface area contributed by atoms with Crippen LogP contribution < -0.4 is 0 Å². The predicted molar refractivity (Wildman–Crippen MR) is 57.7 cm³/mol. The van der Waals surface area contributed by atoms with E-state index in [2.05, 4.69) is 11.8 Å². The lowest BCUT2D eigenvalue weighted by atomic mass is 10.1. The van der Waals surface area contributed by atoms with Crippen LogP contribution in [-0.2, 0) is 4.79 Å². The SMILES string of the molecule is O=CN1CCCC#CCCCCCC1. The average Bonchev–Trinajstić information content (AvgIpc) is 2.19. The molecule has 0 radical (unpaired) electrons. The van der Waals surface area contributed by atoms with E-state index in [9.17, 15) is 4.79 Å². The molecule has 0 aromatic carbocycles. The Hall–Kier alpha value is -0.970. The Morgan fingerprint density at radius 2 is 1.50 bits per heavy atom. The largest absolute Gasteiger partial charge is 0.345 e. The van der Waals surface area contributed by atoms with Crippen LogP contribution in [0.3, 0.4) is 0 Å². The van der Waals surface area contributed by atoms with Gasteiger partial charge in [0.05, 0.1) is 0 Å². The van der Waals surface area contributed by atoms with E-state index >= 15 is 0 Å². The molecule has 14 heavy (non-hydrogen) atoms. The van der Waals surface area contributed by atoms with Crippen molar-refractivity contribution in [2.24, 2.45) is 0 Å². The standard InChI is InChI=1S/C12H19NO/c14-12-13-10-8-6-4-2-1-3-5-7-9-11-13/h12H,1-2,4,6-11H2. The second-order valence-electron chi connectivity index (χ2n) is 3.76. The summed E-state index contributed by atoms with van der Waals surface area (Å²) in [6, 6.07) is 0. The van der Waals surface area contributed by atoms with Crippen molar-refractivity contribution in [2.75, 3.05) is 13.1 Å². The lowest BCUT2D eigenvalue weighted by Crippen LogP contribution is -2.24. The van der Waals surface area contributed by atoms with Gasteiger partial charge in [-0.3, -0.25) is 4.79 Å². The molecule has 0 N–H and O–H groups in total. The second-order valence-corrected chi connectivity index (χ2v) is 3.76. The fourth-order valence-electron chi connectivity index (χ4n) is 1.65. The zero-order valence-electron chi connectivity index (χ0n) is 8.80. The monoisotopic (exact) mass is 193 g/mol. The molecular weight excluding hydrogens is 174 g/mol. The van der Waals surface area contributed by atoms with E-state index in [1.165, 1.54) is 19.3 Å². The summed E-state index contributed by atoms with van der Waals surface area (Å²) < 4.78 is 0. The summed E-state index contributed by atoms with van der Waals surface area (Å²) in [5.74, 6) is 6.33. The molecule has 0 saturated carbocycles. The fourth-order valence-corrected chi connectivity index (χ4v) is 1.65. The maximum atomic E-state index is 10.7. The molecule has 0 aromatic heterocycles. The van der Waals surface area contributed by atoms with Crippen molar-refractivity contribution >= 4 is 6.41 Å². The number of hydrogen-bond donors (Lipinski definition) is 0. The average molecular weight is 193 g/mol. The van der Waals surface area contributed by atoms with Gasteiger partial charge < -0.3 is 4.90 Å². The van der Waals surface area contributed by atoms with Crippen LogP contribution in [0.4, 0.5) is 0 Å². The Kier molecular flexibility index (Phi) is 5.90. The van der Waals surface area contributed by atoms with Gasteiger partial charge in [-0.2, -0.15) is 0 Å². The van der Waals surface area contributed by atoms with Crippen LogP contribution >= 0.6 is 0 Å². The molecule has 2 heteroatoms. The maximum absolute atomic E-state index is 10.7. The minimum absolute atomic E-state index is 0.873. The Morgan fingerprint density at radius 3 is 2.29 bits per heavy atom. The van der Waals surface area contributed by atoms with Crippen LogP contribution in [0, 0.1) is 11.8 Å². The number of nitrogens with zero attached hydrogens (tertiary/aromatic N) is 1.